The molecule has 0 aliphatic carbocycles. The molecular formula is C10H18BrNO3. The second-order valence-electron chi connectivity index (χ2n) is 4.09. The van der Waals surface area contributed by atoms with Crippen molar-refractivity contribution in [1.29, 1.82) is 0 Å². The zero-order valence-corrected chi connectivity index (χ0v) is 10.8. The largest absolute Gasteiger partial charge is 0.468 e. The van der Waals surface area contributed by atoms with Crippen LogP contribution in [-0.4, -0.2) is 43.2 Å². The summed E-state index contributed by atoms with van der Waals surface area (Å²) in [6.07, 6.45) is 2.14. The van der Waals surface area contributed by atoms with Gasteiger partial charge in [-0.25, -0.2) is 0 Å². The highest BCUT2D eigenvalue weighted by molar-refractivity contribution is 9.10. The summed E-state index contributed by atoms with van der Waals surface area (Å²) in [5.41, 5.74) is -0.0156. The van der Waals surface area contributed by atoms with Crippen molar-refractivity contribution in [2.45, 2.75) is 30.1 Å². The third kappa shape index (κ3) is 4.09. The quantitative estimate of drug-likeness (QED) is 0.618. The number of alkyl halides is 1. The first-order valence-corrected chi connectivity index (χ1v) is 6.04. The van der Waals surface area contributed by atoms with Crippen molar-refractivity contribution in [2.24, 2.45) is 0 Å². The van der Waals surface area contributed by atoms with Gasteiger partial charge in [0.25, 0.3) is 0 Å². The van der Waals surface area contributed by atoms with Gasteiger partial charge in [0, 0.05) is 18.7 Å². The fourth-order valence-electron chi connectivity index (χ4n) is 1.62. The van der Waals surface area contributed by atoms with Crippen molar-refractivity contribution in [2.75, 3.05) is 26.9 Å². The standard InChI is InChI=1S/C10H18BrNO3/c1-10(4-3-5-15-7-10)12-6-8(11)9(13)14-2/h8,12H,3-7H2,1-2H3. The lowest BCUT2D eigenvalue weighted by Crippen LogP contribution is -2.51. The van der Waals surface area contributed by atoms with Crippen LogP contribution < -0.4 is 5.32 Å². The van der Waals surface area contributed by atoms with E-state index in [2.05, 4.69) is 32.9 Å². The monoisotopic (exact) mass is 279 g/mol. The highest BCUT2D eigenvalue weighted by Crippen LogP contribution is 2.18. The lowest BCUT2D eigenvalue weighted by Gasteiger charge is -2.35. The number of ether oxygens (including phenoxy) is 2. The van der Waals surface area contributed by atoms with Crippen molar-refractivity contribution in [3.05, 3.63) is 0 Å². The first kappa shape index (κ1) is 12.9. The molecule has 1 aliphatic heterocycles. The first-order chi connectivity index (χ1) is 7.07. The number of halogens is 1. The minimum absolute atomic E-state index is 0.0156. The summed E-state index contributed by atoms with van der Waals surface area (Å²) in [5, 5.41) is 3.34. The molecule has 0 amide bonds. The molecule has 5 heteroatoms. The molecule has 0 spiro atoms. The maximum atomic E-state index is 11.1. The Labute approximate surface area is 98.8 Å². The smallest absolute Gasteiger partial charge is 0.320 e. The summed E-state index contributed by atoms with van der Waals surface area (Å²) in [5.74, 6) is -0.247. The Balaban J connectivity index is 2.31. The molecule has 1 saturated heterocycles. The normalized spacial score (nSPS) is 28.5. The van der Waals surface area contributed by atoms with Crippen molar-refractivity contribution in [3.63, 3.8) is 0 Å². The number of carbonyl (C=O) groups excluding carboxylic acids is 1. The Kier molecular flexibility index (Phi) is 5.02. The highest BCUT2D eigenvalue weighted by Gasteiger charge is 2.28. The SMILES string of the molecule is COC(=O)C(Br)CNC1(C)CCCOC1. The van der Waals surface area contributed by atoms with E-state index >= 15 is 0 Å². The molecule has 4 nitrogen and oxygen atoms in total. The zero-order chi connectivity index (χ0) is 11.3. The van der Waals surface area contributed by atoms with E-state index in [4.69, 9.17) is 4.74 Å². The molecule has 2 unspecified atom stereocenters. The second-order valence-corrected chi connectivity index (χ2v) is 5.19. The van der Waals surface area contributed by atoms with E-state index in [0.717, 1.165) is 19.4 Å². The lowest BCUT2D eigenvalue weighted by atomic mass is 9.95. The van der Waals surface area contributed by atoms with Crippen LogP contribution in [0.15, 0.2) is 0 Å². The van der Waals surface area contributed by atoms with Crippen LogP contribution in [0.5, 0.6) is 0 Å². The van der Waals surface area contributed by atoms with Crippen molar-refractivity contribution >= 4 is 21.9 Å². The molecule has 0 bridgehead atoms. The Bertz CT molecular complexity index is 217. The van der Waals surface area contributed by atoms with Gasteiger partial charge in [0.1, 0.15) is 4.83 Å². The maximum Gasteiger partial charge on any atom is 0.320 e. The van der Waals surface area contributed by atoms with Crippen LogP contribution in [0, 0.1) is 0 Å². The van der Waals surface area contributed by atoms with Gasteiger partial charge in [-0.3, -0.25) is 4.79 Å². The van der Waals surface area contributed by atoms with Crippen LogP contribution in [0.1, 0.15) is 19.8 Å². The molecular weight excluding hydrogens is 262 g/mol. The van der Waals surface area contributed by atoms with E-state index < -0.39 is 0 Å². The van der Waals surface area contributed by atoms with Gasteiger partial charge >= 0.3 is 5.97 Å². The average molecular weight is 280 g/mol. The summed E-state index contributed by atoms with van der Waals surface area (Å²) in [4.78, 5) is 10.9. The van der Waals surface area contributed by atoms with Crippen LogP contribution in [0.2, 0.25) is 0 Å². The number of rotatable bonds is 4. The summed E-state index contributed by atoms with van der Waals surface area (Å²) < 4.78 is 10.0. The van der Waals surface area contributed by atoms with Gasteiger partial charge in [-0.15, -0.1) is 0 Å². The number of esters is 1. The molecule has 1 N–H and O–H groups in total. The van der Waals surface area contributed by atoms with E-state index in [1.54, 1.807) is 0 Å². The number of hydrogen-bond acceptors (Lipinski definition) is 4. The highest BCUT2D eigenvalue weighted by atomic mass is 79.9. The Morgan fingerprint density at radius 3 is 3.00 bits per heavy atom. The maximum absolute atomic E-state index is 11.1. The van der Waals surface area contributed by atoms with Crippen molar-refractivity contribution in [1.82, 2.24) is 5.32 Å². The minimum Gasteiger partial charge on any atom is -0.468 e. The third-order valence-corrected chi connectivity index (χ3v) is 3.30. The molecule has 1 aliphatic rings. The van der Waals surface area contributed by atoms with Gasteiger partial charge in [0.05, 0.1) is 13.7 Å². The lowest BCUT2D eigenvalue weighted by molar-refractivity contribution is -0.139. The third-order valence-electron chi connectivity index (χ3n) is 2.60. The van der Waals surface area contributed by atoms with Gasteiger partial charge in [-0.05, 0) is 19.8 Å². The second kappa shape index (κ2) is 5.82. The topological polar surface area (TPSA) is 47.6 Å². The molecule has 0 saturated carbocycles. The minimum atomic E-state index is -0.291. The van der Waals surface area contributed by atoms with E-state index in [-0.39, 0.29) is 16.3 Å². The van der Waals surface area contributed by atoms with E-state index in [0.29, 0.717) is 13.2 Å². The number of methoxy groups -OCH3 is 1. The Hall–Kier alpha value is -0.130. The van der Waals surface area contributed by atoms with Crippen LogP contribution in [0.4, 0.5) is 0 Å². The Morgan fingerprint density at radius 2 is 2.47 bits per heavy atom. The molecule has 0 aromatic heterocycles. The average Bonchev–Trinajstić information content (AvgIpc) is 2.26. The van der Waals surface area contributed by atoms with E-state index in [1.165, 1.54) is 7.11 Å². The van der Waals surface area contributed by atoms with E-state index in [1.807, 2.05) is 0 Å². The molecule has 1 rings (SSSR count). The van der Waals surface area contributed by atoms with Gasteiger partial charge < -0.3 is 14.8 Å². The predicted octanol–water partition coefficient (Wildman–Crippen LogP) is 1.08. The zero-order valence-electron chi connectivity index (χ0n) is 9.22. The van der Waals surface area contributed by atoms with E-state index in [9.17, 15) is 4.79 Å². The van der Waals surface area contributed by atoms with Gasteiger partial charge in [0.2, 0.25) is 0 Å². The number of hydrogen-bond donors (Lipinski definition) is 1. The fraction of sp³-hybridized carbons (Fsp3) is 0.900. The molecule has 2 atom stereocenters. The van der Waals surface area contributed by atoms with Gasteiger partial charge in [-0.2, -0.15) is 0 Å². The van der Waals surface area contributed by atoms with Crippen molar-refractivity contribution < 1.29 is 14.3 Å². The van der Waals surface area contributed by atoms with Crippen molar-refractivity contribution in [3.8, 4) is 0 Å². The molecule has 0 aromatic rings. The molecule has 88 valence electrons. The number of nitrogens with one attached hydrogen (secondary N) is 1. The molecule has 0 radical (unpaired) electrons. The van der Waals surface area contributed by atoms with Gasteiger partial charge in [0.15, 0.2) is 0 Å². The predicted molar refractivity (Wildman–Crippen MR) is 61.2 cm³/mol. The van der Waals surface area contributed by atoms with Gasteiger partial charge in [-0.1, -0.05) is 15.9 Å². The van der Waals surface area contributed by atoms with Crippen LogP contribution in [-0.2, 0) is 14.3 Å². The Morgan fingerprint density at radius 1 is 1.73 bits per heavy atom. The first-order valence-electron chi connectivity index (χ1n) is 5.12. The molecule has 1 fully saturated rings. The van der Waals surface area contributed by atoms with Crippen LogP contribution >= 0.6 is 15.9 Å². The summed E-state index contributed by atoms with van der Waals surface area (Å²) in [6, 6.07) is 0. The van der Waals surface area contributed by atoms with Crippen LogP contribution in [0.25, 0.3) is 0 Å². The molecule has 1 heterocycles. The summed E-state index contributed by atoms with van der Waals surface area (Å²) in [7, 11) is 1.39. The number of carbonyl (C=O) groups is 1. The molecule has 15 heavy (non-hydrogen) atoms. The summed E-state index contributed by atoms with van der Waals surface area (Å²) in [6.45, 7) is 4.22. The summed E-state index contributed by atoms with van der Waals surface area (Å²) >= 11 is 3.28. The van der Waals surface area contributed by atoms with Crippen LogP contribution in [0.3, 0.4) is 0 Å². The molecule has 0 aromatic carbocycles. The fourth-order valence-corrected chi connectivity index (χ4v) is 1.97.